The molecule has 2 spiro atoms. The van der Waals surface area contributed by atoms with Crippen molar-refractivity contribution in [3.05, 3.63) is 54.0 Å². The van der Waals surface area contributed by atoms with Gasteiger partial charge in [0, 0.05) is 31.2 Å². The van der Waals surface area contributed by atoms with Gasteiger partial charge in [0.25, 0.3) is 0 Å². The van der Waals surface area contributed by atoms with Crippen LogP contribution in [-0.4, -0.2) is 39.3 Å². The minimum atomic E-state index is -0.737. The third kappa shape index (κ3) is 1.78. The second kappa shape index (κ2) is 4.85. The molecule has 134 valence electrons. The summed E-state index contributed by atoms with van der Waals surface area (Å²) in [5.41, 5.74) is 3.98. The summed E-state index contributed by atoms with van der Waals surface area (Å²) in [6.07, 6.45) is 9.85. The molecule has 0 atom stereocenters. The summed E-state index contributed by atoms with van der Waals surface area (Å²) in [5, 5.41) is 11.4. The first-order valence-electron chi connectivity index (χ1n) is 9.47. The number of rotatable bonds is 1. The standard InChI is InChI=1S/C21H22N2O3/c24-20(15-5-7-21(8-6-15)25-9-10-26-21)12-19(13-20)17-4-2-1-3-16(17)18-11-22-14-23(18)19/h1-5,11,14,24H,6-10,12-13H2. The van der Waals surface area contributed by atoms with Gasteiger partial charge in [0.1, 0.15) is 0 Å². The van der Waals surface area contributed by atoms with Crippen molar-refractivity contribution in [3.63, 3.8) is 0 Å². The van der Waals surface area contributed by atoms with Crippen molar-refractivity contribution in [1.29, 1.82) is 0 Å². The fourth-order valence-electron chi connectivity index (χ4n) is 5.57. The van der Waals surface area contributed by atoms with Crippen molar-refractivity contribution >= 4 is 0 Å². The van der Waals surface area contributed by atoms with Gasteiger partial charge in [-0.1, -0.05) is 30.3 Å². The van der Waals surface area contributed by atoms with E-state index < -0.39 is 11.4 Å². The number of aromatic nitrogens is 2. The molecule has 4 aliphatic rings. The van der Waals surface area contributed by atoms with Crippen molar-refractivity contribution in [2.24, 2.45) is 0 Å². The monoisotopic (exact) mass is 350 g/mol. The lowest BCUT2D eigenvalue weighted by molar-refractivity contribution is -0.165. The number of fused-ring (bicyclic) bond motifs is 5. The summed E-state index contributed by atoms with van der Waals surface area (Å²) in [6.45, 7) is 1.35. The summed E-state index contributed by atoms with van der Waals surface area (Å²) in [4.78, 5) is 4.36. The van der Waals surface area contributed by atoms with Crippen LogP contribution in [0, 0.1) is 0 Å². The smallest absolute Gasteiger partial charge is 0.172 e. The van der Waals surface area contributed by atoms with E-state index in [2.05, 4.69) is 39.9 Å². The zero-order valence-corrected chi connectivity index (χ0v) is 14.6. The lowest BCUT2D eigenvalue weighted by Gasteiger charge is -2.54. The molecule has 5 heteroatoms. The van der Waals surface area contributed by atoms with Gasteiger partial charge in [-0.25, -0.2) is 4.98 Å². The van der Waals surface area contributed by atoms with Crippen molar-refractivity contribution < 1.29 is 14.6 Å². The first kappa shape index (κ1) is 15.1. The Labute approximate surface area is 152 Å². The highest BCUT2D eigenvalue weighted by atomic mass is 16.7. The number of ether oxygens (including phenoxy) is 2. The van der Waals surface area contributed by atoms with Crippen LogP contribution in [0.2, 0.25) is 0 Å². The number of hydrogen-bond acceptors (Lipinski definition) is 4. The lowest BCUT2D eigenvalue weighted by Crippen LogP contribution is -2.58. The number of aliphatic hydroxyl groups is 1. The molecule has 1 saturated carbocycles. The molecule has 0 radical (unpaired) electrons. The number of imidazole rings is 1. The molecule has 2 fully saturated rings. The minimum Gasteiger partial charge on any atom is -0.385 e. The van der Waals surface area contributed by atoms with Gasteiger partial charge in [0.15, 0.2) is 5.79 Å². The van der Waals surface area contributed by atoms with E-state index in [1.54, 1.807) is 0 Å². The molecule has 26 heavy (non-hydrogen) atoms. The van der Waals surface area contributed by atoms with Gasteiger partial charge in [0.05, 0.1) is 42.6 Å². The quantitative estimate of drug-likeness (QED) is 0.804. The first-order valence-corrected chi connectivity index (χ1v) is 9.47. The SMILES string of the molecule is OC1(C2=CCC3(CC2)OCCO3)CC2(C1)c1ccccc1-c1cncn12. The maximum Gasteiger partial charge on any atom is 0.172 e. The van der Waals surface area contributed by atoms with Crippen molar-refractivity contribution in [2.75, 3.05) is 13.2 Å². The Bertz CT molecular complexity index is 917. The molecule has 1 aromatic heterocycles. The van der Waals surface area contributed by atoms with E-state index >= 15 is 0 Å². The van der Waals surface area contributed by atoms with E-state index in [-0.39, 0.29) is 5.54 Å². The van der Waals surface area contributed by atoms with Crippen LogP contribution in [0.1, 0.15) is 37.7 Å². The molecule has 3 heterocycles. The van der Waals surface area contributed by atoms with Gasteiger partial charge in [-0.3, -0.25) is 0 Å². The fourth-order valence-corrected chi connectivity index (χ4v) is 5.57. The Hall–Kier alpha value is -1.95. The molecule has 6 rings (SSSR count). The molecule has 0 bridgehead atoms. The molecule has 0 amide bonds. The van der Waals surface area contributed by atoms with Gasteiger partial charge in [-0.15, -0.1) is 0 Å². The van der Waals surface area contributed by atoms with Crippen molar-refractivity contribution in [1.82, 2.24) is 9.55 Å². The van der Waals surface area contributed by atoms with Crippen LogP contribution in [0.15, 0.2) is 48.4 Å². The zero-order valence-electron chi connectivity index (χ0n) is 14.6. The molecule has 2 aromatic rings. The van der Waals surface area contributed by atoms with Crippen molar-refractivity contribution in [2.45, 2.75) is 49.0 Å². The van der Waals surface area contributed by atoms with Crippen LogP contribution in [0.3, 0.4) is 0 Å². The third-order valence-corrected chi connectivity index (χ3v) is 6.82. The maximum absolute atomic E-state index is 11.4. The van der Waals surface area contributed by atoms with Gasteiger partial charge in [-0.05, 0) is 17.6 Å². The van der Waals surface area contributed by atoms with Crippen LogP contribution >= 0.6 is 0 Å². The normalized spacial score (nSPS) is 33.8. The van der Waals surface area contributed by atoms with E-state index in [0.717, 1.165) is 30.5 Å². The van der Waals surface area contributed by atoms with E-state index in [9.17, 15) is 5.11 Å². The number of hydrogen-bond donors (Lipinski definition) is 1. The molecule has 1 N–H and O–H groups in total. The van der Waals surface area contributed by atoms with E-state index in [1.165, 1.54) is 11.1 Å². The molecule has 1 saturated heterocycles. The zero-order chi connectivity index (χ0) is 17.4. The molecule has 2 aliphatic heterocycles. The molecule has 5 nitrogen and oxygen atoms in total. The Morgan fingerprint density at radius 2 is 1.92 bits per heavy atom. The van der Waals surface area contributed by atoms with Gasteiger partial charge >= 0.3 is 0 Å². The summed E-state index contributed by atoms with van der Waals surface area (Å²) >= 11 is 0. The predicted octanol–water partition coefficient (Wildman–Crippen LogP) is 2.99. The molecule has 1 aromatic carbocycles. The largest absolute Gasteiger partial charge is 0.385 e. The van der Waals surface area contributed by atoms with Crippen molar-refractivity contribution in [3.8, 4) is 11.3 Å². The summed E-state index contributed by atoms with van der Waals surface area (Å²) in [5.74, 6) is -0.432. The summed E-state index contributed by atoms with van der Waals surface area (Å²) in [6, 6.07) is 8.53. The Balaban J connectivity index is 1.33. The Morgan fingerprint density at radius 3 is 2.69 bits per heavy atom. The molecular formula is C21H22N2O3. The van der Waals surface area contributed by atoms with Crippen LogP contribution in [0.25, 0.3) is 11.3 Å². The van der Waals surface area contributed by atoms with Gasteiger partial charge in [-0.2, -0.15) is 0 Å². The summed E-state index contributed by atoms with van der Waals surface area (Å²) < 4.78 is 13.9. The summed E-state index contributed by atoms with van der Waals surface area (Å²) in [7, 11) is 0. The van der Waals surface area contributed by atoms with Gasteiger partial charge in [0.2, 0.25) is 0 Å². The van der Waals surface area contributed by atoms with Crippen LogP contribution in [-0.2, 0) is 15.0 Å². The second-order valence-corrected chi connectivity index (χ2v) is 8.15. The molecular weight excluding hydrogens is 328 g/mol. The van der Waals surface area contributed by atoms with E-state index in [0.29, 0.717) is 26.1 Å². The van der Waals surface area contributed by atoms with E-state index in [4.69, 9.17) is 9.47 Å². The predicted molar refractivity (Wildman–Crippen MR) is 95.5 cm³/mol. The van der Waals surface area contributed by atoms with Crippen LogP contribution in [0.4, 0.5) is 0 Å². The second-order valence-electron chi connectivity index (χ2n) is 8.15. The number of benzene rings is 1. The highest BCUT2D eigenvalue weighted by Gasteiger charge is 2.61. The maximum atomic E-state index is 11.4. The Morgan fingerprint density at radius 1 is 1.12 bits per heavy atom. The fraction of sp³-hybridized carbons (Fsp3) is 0.476. The van der Waals surface area contributed by atoms with E-state index in [1.807, 2.05) is 12.5 Å². The molecule has 0 unspecified atom stereocenters. The van der Waals surface area contributed by atoms with Crippen LogP contribution < -0.4 is 0 Å². The average molecular weight is 350 g/mol. The Kier molecular flexibility index (Phi) is 2.83. The first-order chi connectivity index (χ1) is 12.6. The third-order valence-electron chi connectivity index (χ3n) is 6.82. The highest BCUT2D eigenvalue weighted by Crippen LogP contribution is 2.61. The average Bonchev–Trinajstić information content (AvgIpc) is 3.34. The minimum absolute atomic E-state index is 0.159. The topological polar surface area (TPSA) is 56.5 Å². The molecule has 2 aliphatic carbocycles. The number of nitrogens with zero attached hydrogens (tertiary/aromatic N) is 2. The highest BCUT2D eigenvalue weighted by molar-refractivity contribution is 5.72. The van der Waals surface area contributed by atoms with Crippen LogP contribution in [0.5, 0.6) is 0 Å². The lowest BCUT2D eigenvalue weighted by atomic mass is 9.58. The van der Waals surface area contributed by atoms with Gasteiger partial charge < -0.3 is 19.1 Å².